The van der Waals surface area contributed by atoms with Gasteiger partial charge in [-0.3, -0.25) is 14.5 Å². The minimum atomic E-state index is -0.170. The van der Waals surface area contributed by atoms with Crippen molar-refractivity contribution in [2.75, 3.05) is 26.2 Å². The van der Waals surface area contributed by atoms with E-state index in [0.717, 1.165) is 32.5 Å². The molecule has 0 spiro atoms. The van der Waals surface area contributed by atoms with E-state index in [0.29, 0.717) is 24.3 Å². The molecule has 1 saturated heterocycles. The number of piperidine rings is 1. The molecular weight excluding hydrogens is 340 g/mol. The van der Waals surface area contributed by atoms with Crippen LogP contribution in [-0.4, -0.2) is 53.9 Å². The van der Waals surface area contributed by atoms with Gasteiger partial charge < -0.3 is 9.64 Å². The summed E-state index contributed by atoms with van der Waals surface area (Å²) in [7, 11) is 0. The van der Waals surface area contributed by atoms with Crippen LogP contribution in [0.15, 0.2) is 54.6 Å². The summed E-state index contributed by atoms with van der Waals surface area (Å²) >= 11 is 0. The Bertz CT molecular complexity index is 778. The molecule has 2 aliphatic heterocycles. The number of rotatable bonds is 6. The van der Waals surface area contributed by atoms with E-state index >= 15 is 0 Å². The van der Waals surface area contributed by atoms with E-state index in [4.69, 9.17) is 4.74 Å². The standard InChI is InChI=1S/C22H24N2O3/c25-21-19-8-4-5-9-20(19)22(26)24(21)15-14-23-12-10-18(11-13-23)27-16-17-6-2-1-3-7-17/h1-9,18H,10-16H2. The van der Waals surface area contributed by atoms with Crippen molar-refractivity contribution < 1.29 is 14.3 Å². The largest absolute Gasteiger partial charge is 0.373 e. The smallest absolute Gasteiger partial charge is 0.261 e. The fourth-order valence-electron chi connectivity index (χ4n) is 3.77. The summed E-state index contributed by atoms with van der Waals surface area (Å²) in [4.78, 5) is 28.5. The molecule has 0 atom stereocenters. The lowest BCUT2D eigenvalue weighted by Gasteiger charge is -2.32. The zero-order valence-electron chi connectivity index (χ0n) is 15.3. The maximum Gasteiger partial charge on any atom is 0.261 e. The molecule has 0 saturated carbocycles. The van der Waals surface area contributed by atoms with Crippen molar-refractivity contribution in [3.8, 4) is 0 Å². The van der Waals surface area contributed by atoms with Crippen LogP contribution in [0, 0.1) is 0 Å². The number of carbonyl (C=O) groups is 2. The zero-order chi connectivity index (χ0) is 18.6. The van der Waals surface area contributed by atoms with Crippen molar-refractivity contribution in [1.29, 1.82) is 0 Å². The van der Waals surface area contributed by atoms with Crippen LogP contribution in [0.1, 0.15) is 39.1 Å². The van der Waals surface area contributed by atoms with E-state index in [2.05, 4.69) is 17.0 Å². The Morgan fingerprint density at radius 1 is 0.815 bits per heavy atom. The van der Waals surface area contributed by atoms with Crippen LogP contribution in [0.4, 0.5) is 0 Å². The lowest BCUT2D eigenvalue weighted by atomic mass is 10.1. The minimum absolute atomic E-state index is 0.170. The highest BCUT2D eigenvalue weighted by Gasteiger charge is 2.35. The van der Waals surface area contributed by atoms with E-state index in [-0.39, 0.29) is 17.9 Å². The third-order valence-electron chi connectivity index (χ3n) is 5.38. The Morgan fingerprint density at radius 2 is 1.41 bits per heavy atom. The fourth-order valence-corrected chi connectivity index (χ4v) is 3.77. The molecule has 2 amide bonds. The van der Waals surface area contributed by atoms with Crippen molar-refractivity contribution >= 4 is 11.8 Å². The van der Waals surface area contributed by atoms with Crippen LogP contribution < -0.4 is 0 Å². The summed E-state index contributed by atoms with van der Waals surface area (Å²) in [6, 6.07) is 17.3. The molecule has 2 heterocycles. The van der Waals surface area contributed by atoms with Gasteiger partial charge in [-0.1, -0.05) is 42.5 Å². The van der Waals surface area contributed by atoms with Crippen LogP contribution in [0.5, 0.6) is 0 Å². The third kappa shape index (κ3) is 3.94. The molecule has 2 aromatic carbocycles. The highest BCUT2D eigenvalue weighted by Crippen LogP contribution is 2.22. The third-order valence-corrected chi connectivity index (χ3v) is 5.38. The fraction of sp³-hybridized carbons (Fsp3) is 0.364. The van der Waals surface area contributed by atoms with Gasteiger partial charge in [-0.2, -0.15) is 0 Å². The minimum Gasteiger partial charge on any atom is -0.373 e. The molecular formula is C22H24N2O3. The maximum atomic E-state index is 12.4. The Kier molecular flexibility index (Phi) is 5.32. The van der Waals surface area contributed by atoms with E-state index in [1.54, 1.807) is 24.3 Å². The van der Waals surface area contributed by atoms with Gasteiger partial charge in [-0.25, -0.2) is 0 Å². The van der Waals surface area contributed by atoms with Gasteiger partial charge >= 0.3 is 0 Å². The van der Waals surface area contributed by atoms with Crippen molar-refractivity contribution in [1.82, 2.24) is 9.80 Å². The molecule has 4 rings (SSSR count). The van der Waals surface area contributed by atoms with Gasteiger partial charge in [0, 0.05) is 26.2 Å². The summed E-state index contributed by atoms with van der Waals surface area (Å²) in [5, 5.41) is 0. The number of amides is 2. The van der Waals surface area contributed by atoms with Crippen molar-refractivity contribution in [3.05, 3.63) is 71.3 Å². The van der Waals surface area contributed by atoms with Crippen LogP contribution in [0.3, 0.4) is 0 Å². The van der Waals surface area contributed by atoms with Crippen LogP contribution >= 0.6 is 0 Å². The second-order valence-corrected chi connectivity index (χ2v) is 7.15. The predicted octanol–water partition coefficient (Wildman–Crippen LogP) is 2.96. The van der Waals surface area contributed by atoms with Crippen LogP contribution in [-0.2, 0) is 11.3 Å². The topological polar surface area (TPSA) is 49.9 Å². The molecule has 0 bridgehead atoms. The first kappa shape index (κ1) is 17.9. The average Bonchev–Trinajstić information content (AvgIpc) is 2.97. The number of imide groups is 1. The van der Waals surface area contributed by atoms with Crippen LogP contribution in [0.25, 0.3) is 0 Å². The van der Waals surface area contributed by atoms with Gasteiger partial charge in [0.1, 0.15) is 0 Å². The van der Waals surface area contributed by atoms with E-state index < -0.39 is 0 Å². The van der Waals surface area contributed by atoms with Gasteiger partial charge in [0.05, 0.1) is 23.8 Å². The summed E-state index contributed by atoms with van der Waals surface area (Å²) in [5.41, 5.74) is 2.25. The van der Waals surface area contributed by atoms with Gasteiger partial charge in [0.25, 0.3) is 11.8 Å². The Balaban J connectivity index is 1.22. The van der Waals surface area contributed by atoms with E-state index in [1.165, 1.54) is 10.5 Å². The number of hydrogen-bond donors (Lipinski definition) is 0. The Hall–Kier alpha value is -2.50. The number of benzene rings is 2. The summed E-state index contributed by atoms with van der Waals surface area (Å²) in [5.74, 6) is -0.339. The van der Waals surface area contributed by atoms with Gasteiger partial charge in [0.15, 0.2) is 0 Å². The summed E-state index contributed by atoms with van der Waals surface area (Å²) < 4.78 is 6.03. The molecule has 1 fully saturated rings. The molecule has 2 aliphatic rings. The molecule has 5 heteroatoms. The number of ether oxygens (including phenoxy) is 1. The highest BCUT2D eigenvalue weighted by molar-refractivity contribution is 6.21. The van der Waals surface area contributed by atoms with Crippen molar-refractivity contribution in [2.24, 2.45) is 0 Å². The lowest BCUT2D eigenvalue weighted by molar-refractivity contribution is -0.00345. The molecule has 140 valence electrons. The monoisotopic (exact) mass is 364 g/mol. The summed E-state index contributed by atoms with van der Waals surface area (Å²) in [6.07, 6.45) is 2.24. The van der Waals surface area contributed by atoms with Crippen molar-refractivity contribution in [3.63, 3.8) is 0 Å². The highest BCUT2D eigenvalue weighted by atomic mass is 16.5. The van der Waals surface area contributed by atoms with Crippen molar-refractivity contribution in [2.45, 2.75) is 25.6 Å². The maximum absolute atomic E-state index is 12.4. The van der Waals surface area contributed by atoms with Crippen LogP contribution in [0.2, 0.25) is 0 Å². The van der Waals surface area contributed by atoms with E-state index in [9.17, 15) is 9.59 Å². The van der Waals surface area contributed by atoms with Gasteiger partial charge in [-0.15, -0.1) is 0 Å². The molecule has 27 heavy (non-hydrogen) atoms. The normalized spacial score (nSPS) is 18.1. The number of carbonyl (C=O) groups excluding carboxylic acids is 2. The number of fused-ring (bicyclic) bond motifs is 1. The first-order chi connectivity index (χ1) is 13.2. The molecule has 0 N–H and O–H groups in total. The average molecular weight is 364 g/mol. The first-order valence-corrected chi connectivity index (χ1v) is 9.55. The SMILES string of the molecule is O=C1c2ccccc2C(=O)N1CCN1CCC(OCc2ccccc2)CC1. The predicted molar refractivity (Wildman–Crippen MR) is 103 cm³/mol. The molecule has 5 nitrogen and oxygen atoms in total. The molecule has 0 aliphatic carbocycles. The number of hydrogen-bond acceptors (Lipinski definition) is 4. The molecule has 0 aromatic heterocycles. The first-order valence-electron chi connectivity index (χ1n) is 9.55. The lowest BCUT2D eigenvalue weighted by Crippen LogP contribution is -2.42. The van der Waals surface area contributed by atoms with E-state index in [1.807, 2.05) is 18.2 Å². The second kappa shape index (κ2) is 8.03. The Labute approximate surface area is 159 Å². The zero-order valence-corrected chi connectivity index (χ0v) is 15.3. The molecule has 0 radical (unpaired) electrons. The quantitative estimate of drug-likeness (QED) is 0.740. The Morgan fingerprint density at radius 3 is 2.04 bits per heavy atom. The number of nitrogens with zero attached hydrogens (tertiary/aromatic N) is 2. The second-order valence-electron chi connectivity index (χ2n) is 7.15. The number of likely N-dealkylation sites (tertiary alicyclic amines) is 1. The van der Waals surface area contributed by atoms with Gasteiger partial charge in [-0.05, 0) is 30.5 Å². The molecule has 0 unspecified atom stereocenters. The molecule has 2 aromatic rings. The van der Waals surface area contributed by atoms with Gasteiger partial charge in [0.2, 0.25) is 0 Å². The summed E-state index contributed by atoms with van der Waals surface area (Å²) in [6.45, 7) is 3.69.